The number of aliphatic hydroxyl groups excluding tert-OH is 1. The second-order valence-corrected chi connectivity index (χ2v) is 10.7. The van der Waals surface area contributed by atoms with E-state index in [-0.39, 0.29) is 5.60 Å². The molecule has 0 saturated heterocycles. The van der Waals surface area contributed by atoms with E-state index in [4.69, 9.17) is 14.6 Å². The number of aliphatic hydroxyl groups is 1. The van der Waals surface area contributed by atoms with Crippen LogP contribution in [0.15, 0.2) is 54.6 Å². The van der Waals surface area contributed by atoms with Crippen molar-refractivity contribution in [3.05, 3.63) is 71.4 Å². The third-order valence-corrected chi connectivity index (χ3v) is 6.11. The van der Waals surface area contributed by atoms with Gasteiger partial charge in [0.2, 0.25) is 5.88 Å². The molecular weight excluding hydrogens is 438 g/mol. The Morgan fingerprint density at radius 1 is 1.09 bits per heavy atom. The Morgan fingerprint density at radius 3 is 2.49 bits per heavy atom. The third kappa shape index (κ3) is 7.40. The van der Waals surface area contributed by atoms with Gasteiger partial charge in [0.15, 0.2) is 0 Å². The highest BCUT2D eigenvalue weighted by Crippen LogP contribution is 2.34. The van der Waals surface area contributed by atoms with Crippen molar-refractivity contribution in [2.75, 3.05) is 19.7 Å². The van der Waals surface area contributed by atoms with E-state index in [9.17, 15) is 5.11 Å². The molecule has 2 aromatic carbocycles. The molecule has 0 aliphatic heterocycles. The molecule has 1 aliphatic rings. The standard InChI is InChI=1S/C29H39N3O3/c1-21-10-9-13-26(16-21)35-28-27(22(2)30-32(28)24-11-7-6-8-12-24)19-31(17-23-14-15-23)18-25(33)20-34-29(3,4)5/h6-13,16,23,25,33H,14-15,17-20H2,1-5H3. The van der Waals surface area contributed by atoms with Crippen molar-refractivity contribution in [1.29, 1.82) is 0 Å². The highest BCUT2D eigenvalue weighted by molar-refractivity contribution is 5.43. The molecule has 1 aliphatic carbocycles. The van der Waals surface area contributed by atoms with E-state index in [0.717, 1.165) is 40.7 Å². The summed E-state index contributed by atoms with van der Waals surface area (Å²) in [7, 11) is 0. The van der Waals surface area contributed by atoms with Gasteiger partial charge in [-0.05, 0) is 83.2 Å². The van der Waals surface area contributed by atoms with Crippen molar-refractivity contribution >= 4 is 0 Å². The van der Waals surface area contributed by atoms with Crippen LogP contribution in [0.3, 0.4) is 0 Å². The Morgan fingerprint density at radius 2 is 1.83 bits per heavy atom. The summed E-state index contributed by atoms with van der Waals surface area (Å²) in [6.45, 7) is 12.6. The summed E-state index contributed by atoms with van der Waals surface area (Å²) in [5, 5.41) is 15.6. The summed E-state index contributed by atoms with van der Waals surface area (Å²) in [6.07, 6.45) is 1.94. The molecule has 1 unspecified atom stereocenters. The summed E-state index contributed by atoms with van der Waals surface area (Å²) in [6, 6.07) is 18.2. The summed E-state index contributed by atoms with van der Waals surface area (Å²) < 4.78 is 14.2. The van der Waals surface area contributed by atoms with Gasteiger partial charge in [-0.15, -0.1) is 0 Å². The number of hydrogen-bond donors (Lipinski definition) is 1. The lowest BCUT2D eigenvalue weighted by atomic mass is 10.2. The highest BCUT2D eigenvalue weighted by atomic mass is 16.5. The number of ether oxygens (including phenoxy) is 2. The van der Waals surface area contributed by atoms with Crippen molar-refractivity contribution in [2.45, 2.75) is 65.7 Å². The molecule has 0 amide bonds. The van der Waals surface area contributed by atoms with Crippen molar-refractivity contribution < 1.29 is 14.6 Å². The molecule has 6 nitrogen and oxygen atoms in total. The van der Waals surface area contributed by atoms with Crippen molar-refractivity contribution in [3.63, 3.8) is 0 Å². The van der Waals surface area contributed by atoms with Crippen LogP contribution in [0.5, 0.6) is 11.6 Å². The smallest absolute Gasteiger partial charge is 0.227 e. The molecule has 1 N–H and O–H groups in total. The Bertz CT molecular complexity index is 1100. The van der Waals surface area contributed by atoms with Crippen LogP contribution >= 0.6 is 0 Å². The predicted molar refractivity (Wildman–Crippen MR) is 139 cm³/mol. The summed E-state index contributed by atoms with van der Waals surface area (Å²) in [4.78, 5) is 2.33. The van der Waals surface area contributed by atoms with Crippen LogP contribution in [0.4, 0.5) is 0 Å². The number of para-hydroxylation sites is 1. The maximum Gasteiger partial charge on any atom is 0.227 e. The second kappa shape index (κ2) is 10.9. The summed E-state index contributed by atoms with van der Waals surface area (Å²) in [5.41, 5.74) is 3.79. The minimum Gasteiger partial charge on any atom is -0.439 e. The van der Waals surface area contributed by atoms with Gasteiger partial charge in [0.05, 0.1) is 35.3 Å². The van der Waals surface area contributed by atoms with Gasteiger partial charge in [0.1, 0.15) is 5.75 Å². The molecule has 0 bridgehead atoms. The van der Waals surface area contributed by atoms with Crippen LogP contribution < -0.4 is 4.74 Å². The van der Waals surface area contributed by atoms with Gasteiger partial charge in [-0.2, -0.15) is 5.10 Å². The van der Waals surface area contributed by atoms with E-state index in [0.29, 0.717) is 25.6 Å². The molecule has 1 atom stereocenters. The molecule has 1 aromatic heterocycles. The van der Waals surface area contributed by atoms with Crippen LogP contribution in [0, 0.1) is 19.8 Å². The lowest BCUT2D eigenvalue weighted by molar-refractivity contribution is -0.0569. The predicted octanol–water partition coefficient (Wildman–Crippen LogP) is 5.67. The molecule has 3 aromatic rings. The average Bonchev–Trinajstić information content (AvgIpc) is 3.57. The number of aromatic nitrogens is 2. The number of hydrogen-bond acceptors (Lipinski definition) is 5. The Labute approximate surface area is 209 Å². The van der Waals surface area contributed by atoms with E-state index < -0.39 is 6.10 Å². The van der Waals surface area contributed by atoms with Gasteiger partial charge in [0, 0.05) is 19.6 Å². The fourth-order valence-electron chi connectivity index (χ4n) is 4.15. The van der Waals surface area contributed by atoms with Crippen LogP contribution in [0.25, 0.3) is 5.69 Å². The first-order valence-corrected chi connectivity index (χ1v) is 12.6. The van der Waals surface area contributed by atoms with Gasteiger partial charge in [0.25, 0.3) is 0 Å². The van der Waals surface area contributed by atoms with E-state index >= 15 is 0 Å². The Balaban J connectivity index is 1.62. The first-order chi connectivity index (χ1) is 16.7. The monoisotopic (exact) mass is 477 g/mol. The highest BCUT2D eigenvalue weighted by Gasteiger charge is 2.28. The third-order valence-electron chi connectivity index (χ3n) is 6.11. The van der Waals surface area contributed by atoms with E-state index in [1.807, 2.05) is 80.9 Å². The topological polar surface area (TPSA) is 59.8 Å². The SMILES string of the molecule is Cc1cccc(Oc2c(CN(CC(O)COC(C)(C)C)CC3CC3)c(C)nn2-c2ccccc2)c1. The van der Waals surface area contributed by atoms with E-state index in [2.05, 4.69) is 17.9 Å². The summed E-state index contributed by atoms with van der Waals surface area (Å²) in [5.74, 6) is 2.20. The molecule has 35 heavy (non-hydrogen) atoms. The summed E-state index contributed by atoms with van der Waals surface area (Å²) >= 11 is 0. The molecule has 1 saturated carbocycles. The maximum absolute atomic E-state index is 10.8. The zero-order valence-corrected chi connectivity index (χ0v) is 21.7. The van der Waals surface area contributed by atoms with Gasteiger partial charge >= 0.3 is 0 Å². The van der Waals surface area contributed by atoms with Crippen LogP contribution in [0.2, 0.25) is 0 Å². The first kappa shape index (κ1) is 25.4. The molecule has 188 valence electrons. The van der Waals surface area contributed by atoms with Gasteiger partial charge in [-0.1, -0.05) is 30.3 Å². The number of benzene rings is 2. The molecular formula is C29H39N3O3. The fraction of sp³-hybridized carbons (Fsp3) is 0.483. The molecule has 4 rings (SSSR count). The van der Waals surface area contributed by atoms with Gasteiger partial charge in [-0.25, -0.2) is 4.68 Å². The molecule has 6 heteroatoms. The Hall–Kier alpha value is -2.67. The number of nitrogens with zero attached hydrogens (tertiary/aromatic N) is 3. The fourth-order valence-corrected chi connectivity index (χ4v) is 4.15. The lowest BCUT2D eigenvalue weighted by Gasteiger charge is -2.27. The van der Waals surface area contributed by atoms with Gasteiger partial charge in [-0.3, -0.25) is 4.90 Å². The molecule has 0 radical (unpaired) electrons. The second-order valence-electron chi connectivity index (χ2n) is 10.7. The molecule has 0 spiro atoms. The Kier molecular flexibility index (Phi) is 7.95. The average molecular weight is 478 g/mol. The van der Waals surface area contributed by atoms with Crippen molar-refractivity contribution in [1.82, 2.24) is 14.7 Å². The largest absolute Gasteiger partial charge is 0.439 e. The van der Waals surface area contributed by atoms with E-state index in [1.165, 1.54) is 12.8 Å². The van der Waals surface area contributed by atoms with Crippen molar-refractivity contribution in [3.8, 4) is 17.3 Å². The van der Waals surface area contributed by atoms with Crippen LogP contribution in [0.1, 0.15) is 50.4 Å². The first-order valence-electron chi connectivity index (χ1n) is 12.6. The van der Waals surface area contributed by atoms with Crippen LogP contribution in [-0.4, -0.2) is 51.2 Å². The molecule has 1 heterocycles. The zero-order valence-electron chi connectivity index (χ0n) is 21.7. The number of rotatable bonds is 11. The number of aryl methyl sites for hydroxylation is 2. The van der Waals surface area contributed by atoms with E-state index in [1.54, 1.807) is 0 Å². The normalized spacial score (nSPS) is 14.9. The van der Waals surface area contributed by atoms with Crippen LogP contribution in [-0.2, 0) is 11.3 Å². The minimum atomic E-state index is -0.557. The maximum atomic E-state index is 10.8. The quantitative estimate of drug-likeness (QED) is 0.386. The lowest BCUT2D eigenvalue weighted by Crippen LogP contribution is -2.37. The van der Waals surface area contributed by atoms with Crippen molar-refractivity contribution in [2.24, 2.45) is 5.92 Å². The molecule has 1 fully saturated rings. The van der Waals surface area contributed by atoms with Gasteiger partial charge < -0.3 is 14.6 Å². The zero-order chi connectivity index (χ0) is 25.0. The minimum absolute atomic E-state index is 0.273.